The smallest absolute Gasteiger partial charge is 0.224 e. The molecule has 0 aromatic carbocycles. The molecule has 0 saturated carbocycles. The van der Waals surface area contributed by atoms with Crippen LogP contribution in [0.15, 0.2) is 0 Å². The highest BCUT2D eigenvalue weighted by Gasteiger charge is 2.21. The van der Waals surface area contributed by atoms with Gasteiger partial charge in [0.25, 0.3) is 0 Å². The highest BCUT2D eigenvalue weighted by atomic mass is 32.2. The Kier molecular flexibility index (Phi) is 5.50. The zero-order chi connectivity index (χ0) is 10.2. The fourth-order valence-electron chi connectivity index (χ4n) is 1.40. The number of carbonyl (C=O) groups is 1. The number of terminal acetylenes is 1. The Morgan fingerprint density at radius 3 is 3.21 bits per heavy atom. The second-order valence-corrected chi connectivity index (χ2v) is 4.34. The fraction of sp³-hybridized carbons (Fsp3) is 0.700. The van der Waals surface area contributed by atoms with Gasteiger partial charge in [0, 0.05) is 18.8 Å². The molecule has 1 saturated heterocycles. The van der Waals surface area contributed by atoms with Gasteiger partial charge in [-0.2, -0.15) is 0 Å². The van der Waals surface area contributed by atoms with Crippen molar-refractivity contribution in [3.8, 4) is 12.3 Å². The van der Waals surface area contributed by atoms with E-state index in [0.29, 0.717) is 0 Å². The Labute approximate surface area is 89.4 Å². The molecule has 78 valence electrons. The lowest BCUT2D eigenvalue weighted by atomic mass is 10.1. The van der Waals surface area contributed by atoms with Crippen LogP contribution in [0.5, 0.6) is 0 Å². The van der Waals surface area contributed by atoms with E-state index >= 15 is 0 Å². The maximum Gasteiger partial charge on any atom is 0.224 e. The molecule has 4 heteroatoms. The van der Waals surface area contributed by atoms with Crippen LogP contribution in [0.1, 0.15) is 6.42 Å². The molecule has 0 bridgehead atoms. The summed E-state index contributed by atoms with van der Waals surface area (Å²) in [5.74, 6) is 4.52. The maximum absolute atomic E-state index is 11.5. The predicted octanol–water partition coefficient (Wildman–Crippen LogP) is 0.0785. The van der Waals surface area contributed by atoms with Crippen LogP contribution >= 0.6 is 11.8 Å². The van der Waals surface area contributed by atoms with E-state index in [1.54, 1.807) is 11.8 Å². The van der Waals surface area contributed by atoms with Crippen molar-refractivity contribution < 1.29 is 4.79 Å². The third kappa shape index (κ3) is 4.03. The molecule has 1 aliphatic heterocycles. The van der Waals surface area contributed by atoms with Gasteiger partial charge in [0.15, 0.2) is 0 Å². The summed E-state index contributed by atoms with van der Waals surface area (Å²) in [5, 5.41) is 6.09. The van der Waals surface area contributed by atoms with E-state index in [9.17, 15) is 4.79 Å². The number of hydrogen-bond donors (Lipinski definition) is 2. The molecule has 3 nitrogen and oxygen atoms in total. The molecule has 0 aliphatic carbocycles. The first-order valence-corrected chi connectivity index (χ1v) is 5.99. The standard InChI is InChI=1S/C10H16N2OS/c1-2-6-14-7-5-12-10(13)9-3-4-11-8-9/h1,9,11H,3-8H2,(H,12,13). The summed E-state index contributed by atoms with van der Waals surface area (Å²) >= 11 is 1.67. The van der Waals surface area contributed by atoms with E-state index in [1.807, 2.05) is 0 Å². The number of rotatable bonds is 5. The highest BCUT2D eigenvalue weighted by molar-refractivity contribution is 7.99. The lowest BCUT2D eigenvalue weighted by Crippen LogP contribution is -2.33. The van der Waals surface area contributed by atoms with Gasteiger partial charge in [0.2, 0.25) is 5.91 Å². The molecular weight excluding hydrogens is 196 g/mol. The van der Waals surface area contributed by atoms with Crippen LogP contribution in [-0.2, 0) is 4.79 Å². The molecule has 1 atom stereocenters. The SMILES string of the molecule is C#CCSCCNC(=O)C1CCNC1. The zero-order valence-corrected chi connectivity index (χ0v) is 9.03. The summed E-state index contributed by atoms with van der Waals surface area (Å²) < 4.78 is 0. The molecule has 0 spiro atoms. The monoisotopic (exact) mass is 212 g/mol. The molecule has 0 aromatic heterocycles. The van der Waals surface area contributed by atoms with E-state index < -0.39 is 0 Å². The maximum atomic E-state index is 11.5. The van der Waals surface area contributed by atoms with Crippen LogP contribution in [0.25, 0.3) is 0 Å². The van der Waals surface area contributed by atoms with Gasteiger partial charge in [0.05, 0.1) is 11.7 Å². The van der Waals surface area contributed by atoms with Gasteiger partial charge in [-0.15, -0.1) is 18.2 Å². The fourth-order valence-corrected chi connectivity index (χ4v) is 1.91. The summed E-state index contributed by atoms with van der Waals surface area (Å²) in [6.45, 7) is 2.51. The van der Waals surface area contributed by atoms with Crippen LogP contribution in [-0.4, -0.2) is 37.0 Å². The first kappa shape index (κ1) is 11.4. The van der Waals surface area contributed by atoms with E-state index in [4.69, 9.17) is 6.42 Å². The minimum Gasteiger partial charge on any atom is -0.355 e. The molecule has 14 heavy (non-hydrogen) atoms. The van der Waals surface area contributed by atoms with Crippen molar-refractivity contribution in [2.24, 2.45) is 5.92 Å². The quantitative estimate of drug-likeness (QED) is 0.501. The van der Waals surface area contributed by atoms with Gasteiger partial charge in [-0.25, -0.2) is 0 Å². The van der Waals surface area contributed by atoms with Crippen molar-refractivity contribution in [2.75, 3.05) is 31.1 Å². The van der Waals surface area contributed by atoms with Crippen molar-refractivity contribution in [2.45, 2.75) is 6.42 Å². The number of hydrogen-bond acceptors (Lipinski definition) is 3. The predicted molar refractivity (Wildman–Crippen MR) is 60.1 cm³/mol. The van der Waals surface area contributed by atoms with Gasteiger partial charge < -0.3 is 10.6 Å². The molecule has 1 heterocycles. The van der Waals surface area contributed by atoms with Crippen LogP contribution in [0.3, 0.4) is 0 Å². The molecule has 1 fully saturated rings. The van der Waals surface area contributed by atoms with Gasteiger partial charge in [0.1, 0.15) is 0 Å². The van der Waals surface area contributed by atoms with Gasteiger partial charge >= 0.3 is 0 Å². The number of amides is 1. The Hall–Kier alpha value is -0.660. The second-order valence-electron chi connectivity index (χ2n) is 3.24. The first-order chi connectivity index (χ1) is 6.84. The summed E-state index contributed by atoms with van der Waals surface area (Å²) in [6.07, 6.45) is 6.07. The molecule has 1 aliphatic rings. The minimum absolute atomic E-state index is 0.174. The summed E-state index contributed by atoms with van der Waals surface area (Å²) in [7, 11) is 0. The van der Waals surface area contributed by atoms with Crippen molar-refractivity contribution in [1.82, 2.24) is 10.6 Å². The van der Waals surface area contributed by atoms with Crippen molar-refractivity contribution in [3.63, 3.8) is 0 Å². The van der Waals surface area contributed by atoms with Crippen LogP contribution in [0.2, 0.25) is 0 Å². The lowest BCUT2D eigenvalue weighted by molar-refractivity contribution is -0.124. The zero-order valence-electron chi connectivity index (χ0n) is 8.21. The molecule has 0 radical (unpaired) electrons. The first-order valence-electron chi connectivity index (χ1n) is 4.84. The van der Waals surface area contributed by atoms with Crippen molar-refractivity contribution in [3.05, 3.63) is 0 Å². The third-order valence-corrected chi connectivity index (χ3v) is 3.03. The van der Waals surface area contributed by atoms with Crippen LogP contribution < -0.4 is 10.6 Å². The molecule has 1 amide bonds. The summed E-state index contributed by atoms with van der Waals surface area (Å²) in [6, 6.07) is 0. The number of thioether (sulfide) groups is 1. The summed E-state index contributed by atoms with van der Waals surface area (Å²) in [5.41, 5.74) is 0. The van der Waals surface area contributed by atoms with Crippen LogP contribution in [0, 0.1) is 18.3 Å². The number of nitrogens with one attached hydrogen (secondary N) is 2. The average Bonchev–Trinajstić information content (AvgIpc) is 2.70. The largest absolute Gasteiger partial charge is 0.355 e. The Balaban J connectivity index is 2.00. The molecule has 1 unspecified atom stereocenters. The number of carbonyl (C=O) groups excluding carboxylic acids is 1. The summed E-state index contributed by atoms with van der Waals surface area (Å²) in [4.78, 5) is 11.5. The highest BCUT2D eigenvalue weighted by Crippen LogP contribution is 2.06. The van der Waals surface area contributed by atoms with E-state index in [0.717, 1.165) is 37.6 Å². The Bertz CT molecular complexity index is 219. The van der Waals surface area contributed by atoms with Crippen LogP contribution in [0.4, 0.5) is 0 Å². The minimum atomic E-state index is 0.174. The Morgan fingerprint density at radius 2 is 2.57 bits per heavy atom. The second kappa shape index (κ2) is 6.74. The van der Waals surface area contributed by atoms with E-state index in [-0.39, 0.29) is 11.8 Å². The molecular formula is C10H16N2OS. The third-order valence-electron chi connectivity index (χ3n) is 2.16. The van der Waals surface area contributed by atoms with Crippen molar-refractivity contribution in [1.29, 1.82) is 0 Å². The van der Waals surface area contributed by atoms with Crippen molar-refractivity contribution >= 4 is 17.7 Å². The molecule has 0 aromatic rings. The normalized spacial score (nSPS) is 20.4. The van der Waals surface area contributed by atoms with Gasteiger partial charge in [-0.05, 0) is 13.0 Å². The molecule has 2 N–H and O–H groups in total. The average molecular weight is 212 g/mol. The lowest BCUT2D eigenvalue weighted by Gasteiger charge is -2.08. The van der Waals surface area contributed by atoms with Gasteiger partial charge in [-0.3, -0.25) is 4.79 Å². The van der Waals surface area contributed by atoms with Gasteiger partial charge in [-0.1, -0.05) is 5.92 Å². The topological polar surface area (TPSA) is 41.1 Å². The molecule has 1 rings (SSSR count). The van der Waals surface area contributed by atoms with E-state index in [2.05, 4.69) is 16.6 Å². The van der Waals surface area contributed by atoms with E-state index in [1.165, 1.54) is 0 Å². The Morgan fingerprint density at radius 1 is 1.71 bits per heavy atom.